The van der Waals surface area contributed by atoms with Crippen LogP contribution in [0.1, 0.15) is 25.8 Å². The van der Waals surface area contributed by atoms with E-state index in [-0.39, 0.29) is 18.5 Å². The lowest BCUT2D eigenvalue weighted by Crippen LogP contribution is -2.22. The fraction of sp³-hybridized carbons (Fsp3) is 0.600. The van der Waals surface area contributed by atoms with Crippen LogP contribution in [0.15, 0.2) is 24.3 Å². The number of rotatable bonds is 5. The first-order valence-electron chi connectivity index (χ1n) is 6.85. The van der Waals surface area contributed by atoms with Gasteiger partial charge in [-0.25, -0.2) is 0 Å². The lowest BCUT2D eigenvalue weighted by molar-refractivity contribution is 0.242. The van der Waals surface area contributed by atoms with E-state index < -0.39 is 0 Å². The summed E-state index contributed by atoms with van der Waals surface area (Å²) >= 11 is 0. The Hall–Kier alpha value is -0.770. The molecule has 19 heavy (non-hydrogen) atoms. The topological polar surface area (TPSA) is 38.5 Å². The Morgan fingerprint density at radius 2 is 2.00 bits per heavy atom. The smallest absolute Gasteiger partial charge is 0.119 e. The average molecular weight is 285 g/mol. The van der Waals surface area contributed by atoms with Crippen LogP contribution in [0.3, 0.4) is 0 Å². The minimum Gasteiger partial charge on any atom is -0.491 e. The minimum absolute atomic E-state index is 0. The van der Waals surface area contributed by atoms with Gasteiger partial charge in [0, 0.05) is 13.1 Å². The molecule has 1 saturated heterocycles. The van der Waals surface area contributed by atoms with Crippen molar-refractivity contribution in [2.45, 2.75) is 32.9 Å². The fourth-order valence-electron chi connectivity index (χ4n) is 2.45. The molecule has 1 aliphatic heterocycles. The van der Waals surface area contributed by atoms with Crippen molar-refractivity contribution >= 4 is 12.4 Å². The van der Waals surface area contributed by atoms with Gasteiger partial charge >= 0.3 is 0 Å². The second kappa shape index (κ2) is 7.73. The molecule has 0 amide bonds. The summed E-state index contributed by atoms with van der Waals surface area (Å²) in [6.07, 6.45) is 1.48. The molecule has 1 aromatic carbocycles. The molecule has 0 aromatic heterocycles. The maximum atomic E-state index is 5.71. The van der Waals surface area contributed by atoms with E-state index in [2.05, 4.69) is 29.2 Å². The lowest BCUT2D eigenvalue weighted by Gasteiger charge is -2.16. The first-order chi connectivity index (χ1) is 8.67. The van der Waals surface area contributed by atoms with Gasteiger partial charge in [-0.15, -0.1) is 12.4 Å². The van der Waals surface area contributed by atoms with Crippen LogP contribution in [0.5, 0.6) is 5.75 Å². The van der Waals surface area contributed by atoms with Gasteiger partial charge < -0.3 is 10.5 Å². The number of ether oxygens (including phenoxy) is 1. The molecular weight excluding hydrogens is 260 g/mol. The molecule has 0 aliphatic carbocycles. The maximum absolute atomic E-state index is 5.71. The highest BCUT2D eigenvalue weighted by molar-refractivity contribution is 5.85. The molecule has 3 nitrogen and oxygen atoms in total. The molecule has 1 heterocycles. The summed E-state index contributed by atoms with van der Waals surface area (Å²) in [4.78, 5) is 2.48. The van der Waals surface area contributed by atoms with Gasteiger partial charge in [0.05, 0.1) is 6.10 Å². The number of benzene rings is 1. The Bertz CT molecular complexity index is 367. The fourth-order valence-corrected chi connectivity index (χ4v) is 2.45. The summed E-state index contributed by atoms with van der Waals surface area (Å²) in [5.41, 5.74) is 7.06. The van der Waals surface area contributed by atoms with Crippen LogP contribution in [0.4, 0.5) is 0 Å². The molecule has 2 rings (SSSR count). The van der Waals surface area contributed by atoms with Gasteiger partial charge in [-0.2, -0.15) is 0 Å². The van der Waals surface area contributed by atoms with E-state index in [1.165, 1.54) is 18.5 Å². The molecule has 0 spiro atoms. The minimum atomic E-state index is 0. The van der Waals surface area contributed by atoms with Gasteiger partial charge in [0.2, 0.25) is 0 Å². The number of likely N-dealkylation sites (tertiary alicyclic amines) is 1. The van der Waals surface area contributed by atoms with E-state index in [0.717, 1.165) is 25.4 Å². The second-order valence-corrected chi connectivity index (χ2v) is 5.44. The highest BCUT2D eigenvalue weighted by Gasteiger charge is 2.20. The van der Waals surface area contributed by atoms with Gasteiger partial charge in [-0.1, -0.05) is 12.1 Å². The molecule has 108 valence electrons. The molecule has 0 radical (unpaired) electrons. The molecule has 1 aliphatic rings. The first kappa shape index (κ1) is 16.3. The summed E-state index contributed by atoms with van der Waals surface area (Å²) in [6, 6.07) is 8.44. The molecule has 1 aromatic rings. The molecule has 1 atom stereocenters. The number of nitrogens with zero attached hydrogens (tertiary/aromatic N) is 1. The Kier molecular flexibility index (Phi) is 6.63. The Morgan fingerprint density at radius 3 is 2.53 bits per heavy atom. The third kappa shape index (κ3) is 5.01. The van der Waals surface area contributed by atoms with E-state index in [9.17, 15) is 0 Å². The van der Waals surface area contributed by atoms with Crippen molar-refractivity contribution < 1.29 is 4.74 Å². The molecule has 1 fully saturated rings. The molecule has 0 bridgehead atoms. The van der Waals surface area contributed by atoms with Crippen LogP contribution in [0, 0.1) is 5.92 Å². The standard InChI is InChI=1S/C15H24N2O.ClH/c1-12(2)18-15-5-3-13(4-6-15)10-17-8-7-14(9-16)11-17;/h3-6,12,14H,7-11,16H2,1-2H3;1H. The number of halogens is 1. The van der Waals surface area contributed by atoms with E-state index >= 15 is 0 Å². The lowest BCUT2D eigenvalue weighted by atomic mass is 10.1. The van der Waals surface area contributed by atoms with Gasteiger partial charge in [0.25, 0.3) is 0 Å². The van der Waals surface area contributed by atoms with Gasteiger partial charge in [0.15, 0.2) is 0 Å². The third-order valence-corrected chi connectivity index (χ3v) is 3.40. The summed E-state index contributed by atoms with van der Waals surface area (Å²) in [7, 11) is 0. The van der Waals surface area contributed by atoms with Crippen LogP contribution >= 0.6 is 12.4 Å². The summed E-state index contributed by atoms with van der Waals surface area (Å²) in [6.45, 7) is 8.25. The Labute approximate surface area is 122 Å². The third-order valence-electron chi connectivity index (χ3n) is 3.40. The van der Waals surface area contributed by atoms with E-state index in [0.29, 0.717) is 5.92 Å². The molecule has 4 heteroatoms. The predicted octanol–water partition coefficient (Wildman–Crippen LogP) is 2.68. The zero-order valence-electron chi connectivity index (χ0n) is 11.8. The maximum Gasteiger partial charge on any atom is 0.119 e. The first-order valence-corrected chi connectivity index (χ1v) is 6.85. The van der Waals surface area contributed by atoms with Crippen molar-refractivity contribution in [3.63, 3.8) is 0 Å². The average Bonchev–Trinajstić information content (AvgIpc) is 2.79. The number of nitrogens with two attached hydrogens (primary N) is 1. The van der Waals surface area contributed by atoms with Crippen molar-refractivity contribution in [3.05, 3.63) is 29.8 Å². The van der Waals surface area contributed by atoms with Crippen molar-refractivity contribution in [1.82, 2.24) is 4.90 Å². The molecular formula is C15H25ClN2O. The van der Waals surface area contributed by atoms with E-state index in [1.807, 2.05) is 13.8 Å². The quantitative estimate of drug-likeness (QED) is 0.903. The normalized spacial score (nSPS) is 19.5. The number of hydrogen-bond donors (Lipinski definition) is 1. The summed E-state index contributed by atoms with van der Waals surface area (Å²) in [5, 5.41) is 0. The highest BCUT2D eigenvalue weighted by Crippen LogP contribution is 2.19. The van der Waals surface area contributed by atoms with Crippen LogP contribution in [0.2, 0.25) is 0 Å². The van der Waals surface area contributed by atoms with Gasteiger partial charge in [0.1, 0.15) is 5.75 Å². The van der Waals surface area contributed by atoms with Gasteiger partial charge in [-0.05, 0) is 57.0 Å². The highest BCUT2D eigenvalue weighted by atomic mass is 35.5. The van der Waals surface area contributed by atoms with Crippen LogP contribution < -0.4 is 10.5 Å². The molecule has 0 saturated carbocycles. The van der Waals surface area contributed by atoms with Gasteiger partial charge in [-0.3, -0.25) is 4.90 Å². The summed E-state index contributed by atoms with van der Waals surface area (Å²) in [5.74, 6) is 1.64. The Balaban J connectivity index is 0.00000180. The van der Waals surface area contributed by atoms with E-state index in [1.54, 1.807) is 0 Å². The number of hydrogen-bond acceptors (Lipinski definition) is 3. The second-order valence-electron chi connectivity index (χ2n) is 5.44. The molecule has 1 unspecified atom stereocenters. The zero-order chi connectivity index (χ0) is 13.0. The van der Waals surface area contributed by atoms with Crippen LogP contribution in [-0.4, -0.2) is 30.6 Å². The van der Waals surface area contributed by atoms with Crippen molar-refractivity contribution in [1.29, 1.82) is 0 Å². The van der Waals surface area contributed by atoms with Crippen LogP contribution in [-0.2, 0) is 6.54 Å². The van der Waals surface area contributed by atoms with E-state index in [4.69, 9.17) is 10.5 Å². The predicted molar refractivity (Wildman–Crippen MR) is 81.9 cm³/mol. The van der Waals surface area contributed by atoms with Crippen molar-refractivity contribution in [3.8, 4) is 5.75 Å². The monoisotopic (exact) mass is 284 g/mol. The molecule has 2 N–H and O–H groups in total. The largest absolute Gasteiger partial charge is 0.491 e. The van der Waals surface area contributed by atoms with Crippen molar-refractivity contribution in [2.75, 3.05) is 19.6 Å². The Morgan fingerprint density at radius 1 is 1.32 bits per heavy atom. The van der Waals surface area contributed by atoms with Crippen molar-refractivity contribution in [2.24, 2.45) is 11.7 Å². The summed E-state index contributed by atoms with van der Waals surface area (Å²) < 4.78 is 5.64. The van der Waals surface area contributed by atoms with Crippen LogP contribution in [0.25, 0.3) is 0 Å². The SMILES string of the molecule is CC(C)Oc1ccc(CN2CCC(CN)C2)cc1.Cl. The zero-order valence-corrected chi connectivity index (χ0v) is 12.7.